The zero-order chi connectivity index (χ0) is 15.5. The zero-order valence-corrected chi connectivity index (χ0v) is 12.5. The van der Waals surface area contributed by atoms with Crippen molar-refractivity contribution < 1.29 is 14.3 Å². The first-order chi connectivity index (χ1) is 10.7. The number of para-hydroxylation sites is 1. The average Bonchev–Trinajstić information content (AvgIpc) is 2.56. The van der Waals surface area contributed by atoms with Crippen LogP contribution >= 0.6 is 0 Å². The van der Waals surface area contributed by atoms with E-state index >= 15 is 0 Å². The molecular weight excluding hydrogens is 276 g/mol. The second-order valence-electron chi connectivity index (χ2n) is 5.08. The first-order valence-corrected chi connectivity index (χ1v) is 7.03. The van der Waals surface area contributed by atoms with Crippen molar-refractivity contribution in [1.82, 2.24) is 0 Å². The number of fused-ring (bicyclic) bond motifs is 1. The minimum atomic E-state index is -0.355. The highest BCUT2D eigenvalue weighted by Crippen LogP contribution is 2.23. The molecule has 0 saturated heterocycles. The summed E-state index contributed by atoms with van der Waals surface area (Å²) in [7, 11) is 1.63. The largest absolute Gasteiger partial charge is 0.497 e. The van der Waals surface area contributed by atoms with E-state index in [4.69, 9.17) is 9.47 Å². The highest BCUT2D eigenvalue weighted by molar-refractivity contribution is 5.96. The highest BCUT2D eigenvalue weighted by atomic mass is 16.5. The minimum Gasteiger partial charge on any atom is -0.497 e. The first-order valence-electron chi connectivity index (χ1n) is 7.03. The van der Waals surface area contributed by atoms with E-state index in [-0.39, 0.29) is 5.97 Å². The Morgan fingerprint density at radius 3 is 2.41 bits per heavy atom. The van der Waals surface area contributed by atoms with Gasteiger partial charge in [0.05, 0.1) is 12.7 Å². The van der Waals surface area contributed by atoms with Gasteiger partial charge in [-0.3, -0.25) is 0 Å². The maximum Gasteiger partial charge on any atom is 0.343 e. The molecule has 0 aliphatic carbocycles. The molecule has 0 fully saturated rings. The summed E-state index contributed by atoms with van der Waals surface area (Å²) in [4.78, 5) is 12.3. The summed E-state index contributed by atoms with van der Waals surface area (Å²) in [5.74, 6) is 1.03. The van der Waals surface area contributed by atoms with Gasteiger partial charge in [0, 0.05) is 0 Å². The molecule has 0 radical (unpaired) electrons. The molecule has 3 aromatic rings. The van der Waals surface area contributed by atoms with Gasteiger partial charge in [-0.1, -0.05) is 30.3 Å². The molecule has 3 nitrogen and oxygen atoms in total. The molecule has 22 heavy (non-hydrogen) atoms. The number of methoxy groups -OCH3 is 1. The lowest BCUT2D eigenvalue weighted by atomic mass is 10.1. The van der Waals surface area contributed by atoms with Crippen molar-refractivity contribution in [3.8, 4) is 11.5 Å². The summed E-state index contributed by atoms with van der Waals surface area (Å²) in [6.45, 7) is 1.91. The van der Waals surface area contributed by atoms with Gasteiger partial charge in [0.25, 0.3) is 0 Å². The third-order valence-electron chi connectivity index (χ3n) is 3.58. The van der Waals surface area contributed by atoms with Crippen molar-refractivity contribution in [3.63, 3.8) is 0 Å². The lowest BCUT2D eigenvalue weighted by Crippen LogP contribution is -2.09. The maximum absolute atomic E-state index is 12.3. The van der Waals surface area contributed by atoms with Gasteiger partial charge < -0.3 is 9.47 Å². The predicted octanol–water partition coefficient (Wildman–Crippen LogP) is 4.38. The molecule has 0 atom stereocenters. The minimum absolute atomic E-state index is 0.355. The SMILES string of the molecule is COc1ccc2cc(C(=O)Oc3ccccc3C)ccc2c1. The second kappa shape index (κ2) is 5.90. The Balaban J connectivity index is 1.90. The number of carbonyl (C=O) groups excluding carboxylic acids is 1. The van der Waals surface area contributed by atoms with Crippen molar-refractivity contribution in [2.45, 2.75) is 6.92 Å². The quantitative estimate of drug-likeness (QED) is 0.531. The Hall–Kier alpha value is -2.81. The molecule has 0 aromatic heterocycles. The van der Waals surface area contributed by atoms with Crippen LogP contribution in [0.15, 0.2) is 60.7 Å². The van der Waals surface area contributed by atoms with Crippen LogP contribution < -0.4 is 9.47 Å². The zero-order valence-electron chi connectivity index (χ0n) is 12.5. The van der Waals surface area contributed by atoms with Gasteiger partial charge in [0.1, 0.15) is 11.5 Å². The third-order valence-corrected chi connectivity index (χ3v) is 3.58. The lowest BCUT2D eigenvalue weighted by Gasteiger charge is -2.08. The smallest absolute Gasteiger partial charge is 0.343 e. The number of hydrogen-bond donors (Lipinski definition) is 0. The Bertz CT molecular complexity index is 837. The molecular formula is C19H16O3. The predicted molar refractivity (Wildman–Crippen MR) is 86.6 cm³/mol. The fourth-order valence-electron chi connectivity index (χ4n) is 2.31. The Kier molecular flexibility index (Phi) is 3.79. The van der Waals surface area contributed by atoms with Crippen LogP contribution in [0.1, 0.15) is 15.9 Å². The van der Waals surface area contributed by atoms with Gasteiger partial charge in [0.2, 0.25) is 0 Å². The average molecular weight is 292 g/mol. The summed E-state index contributed by atoms with van der Waals surface area (Å²) in [6, 6.07) is 18.7. The maximum atomic E-state index is 12.3. The standard InChI is InChI=1S/C19H16O3/c1-13-5-3-4-6-18(13)22-19(20)16-8-7-15-12-17(21-2)10-9-14(15)11-16/h3-12H,1-2H3. The van der Waals surface area contributed by atoms with Crippen molar-refractivity contribution in [3.05, 3.63) is 71.8 Å². The van der Waals surface area contributed by atoms with Crippen molar-refractivity contribution >= 4 is 16.7 Å². The Labute approximate surface area is 129 Å². The topological polar surface area (TPSA) is 35.5 Å². The van der Waals surface area contributed by atoms with E-state index in [1.54, 1.807) is 19.2 Å². The van der Waals surface area contributed by atoms with E-state index in [1.807, 2.05) is 55.5 Å². The fourth-order valence-corrected chi connectivity index (χ4v) is 2.31. The lowest BCUT2D eigenvalue weighted by molar-refractivity contribution is 0.0733. The van der Waals surface area contributed by atoms with Crippen LogP contribution in [0, 0.1) is 6.92 Å². The van der Waals surface area contributed by atoms with E-state index in [0.29, 0.717) is 11.3 Å². The summed E-state index contributed by atoms with van der Waals surface area (Å²) in [5.41, 5.74) is 1.46. The van der Waals surface area contributed by atoms with E-state index in [9.17, 15) is 4.79 Å². The number of benzene rings is 3. The second-order valence-corrected chi connectivity index (χ2v) is 5.08. The monoisotopic (exact) mass is 292 g/mol. The first kappa shape index (κ1) is 14.1. The molecule has 0 aliphatic rings. The van der Waals surface area contributed by atoms with Crippen LogP contribution in [0.4, 0.5) is 0 Å². The third kappa shape index (κ3) is 2.79. The van der Waals surface area contributed by atoms with E-state index in [1.165, 1.54) is 0 Å². The highest BCUT2D eigenvalue weighted by Gasteiger charge is 2.10. The molecule has 0 heterocycles. The molecule has 110 valence electrons. The molecule has 0 aliphatic heterocycles. The van der Waals surface area contributed by atoms with Crippen LogP contribution in [0.25, 0.3) is 10.8 Å². The molecule has 3 aromatic carbocycles. The molecule has 0 saturated carbocycles. The molecule has 0 amide bonds. The number of esters is 1. The molecule has 3 rings (SSSR count). The van der Waals surface area contributed by atoms with Crippen molar-refractivity contribution in [2.75, 3.05) is 7.11 Å². The normalized spacial score (nSPS) is 10.5. The van der Waals surface area contributed by atoms with Gasteiger partial charge in [0.15, 0.2) is 0 Å². The summed E-state index contributed by atoms with van der Waals surface area (Å²) in [6.07, 6.45) is 0. The fraction of sp³-hybridized carbons (Fsp3) is 0.105. The van der Waals surface area contributed by atoms with Crippen LogP contribution in [0.5, 0.6) is 11.5 Å². The van der Waals surface area contributed by atoms with Gasteiger partial charge in [-0.15, -0.1) is 0 Å². The van der Waals surface area contributed by atoms with Crippen molar-refractivity contribution in [2.24, 2.45) is 0 Å². The molecule has 3 heteroatoms. The van der Waals surface area contributed by atoms with Crippen LogP contribution in [0.3, 0.4) is 0 Å². The van der Waals surface area contributed by atoms with Gasteiger partial charge in [-0.2, -0.15) is 0 Å². The number of carbonyl (C=O) groups is 1. The van der Waals surface area contributed by atoms with Crippen LogP contribution in [0.2, 0.25) is 0 Å². The summed E-state index contributed by atoms with van der Waals surface area (Å²) in [5, 5.41) is 1.99. The van der Waals surface area contributed by atoms with E-state index in [2.05, 4.69) is 0 Å². The molecule has 0 unspecified atom stereocenters. The summed E-state index contributed by atoms with van der Waals surface area (Å²) >= 11 is 0. The number of hydrogen-bond acceptors (Lipinski definition) is 3. The molecule has 0 spiro atoms. The molecule has 0 bridgehead atoms. The van der Waals surface area contributed by atoms with Gasteiger partial charge in [-0.25, -0.2) is 4.79 Å². The Morgan fingerprint density at radius 2 is 1.64 bits per heavy atom. The number of aryl methyl sites for hydroxylation is 1. The van der Waals surface area contributed by atoms with Crippen molar-refractivity contribution in [1.29, 1.82) is 0 Å². The number of rotatable bonds is 3. The Morgan fingerprint density at radius 1 is 0.909 bits per heavy atom. The van der Waals surface area contributed by atoms with E-state index < -0.39 is 0 Å². The van der Waals surface area contributed by atoms with Crippen LogP contribution in [-0.2, 0) is 0 Å². The molecule has 0 N–H and O–H groups in total. The van der Waals surface area contributed by atoms with Gasteiger partial charge in [-0.05, 0) is 53.6 Å². The van der Waals surface area contributed by atoms with E-state index in [0.717, 1.165) is 22.1 Å². The summed E-state index contributed by atoms with van der Waals surface area (Å²) < 4.78 is 10.7. The number of ether oxygens (including phenoxy) is 2. The van der Waals surface area contributed by atoms with Crippen LogP contribution in [-0.4, -0.2) is 13.1 Å². The van der Waals surface area contributed by atoms with Gasteiger partial charge >= 0.3 is 5.97 Å².